The smallest absolute Gasteiger partial charge is 0.165 e. The van der Waals surface area contributed by atoms with E-state index in [2.05, 4.69) is 6.92 Å². The van der Waals surface area contributed by atoms with Gasteiger partial charge in [0, 0.05) is 6.42 Å². The molecule has 0 N–H and O–H groups in total. The highest BCUT2D eigenvalue weighted by Gasteiger charge is 2.19. The van der Waals surface area contributed by atoms with Crippen LogP contribution in [0.15, 0.2) is 6.07 Å². The molecular weight excluding hydrogens is 302 g/mol. The summed E-state index contributed by atoms with van der Waals surface area (Å²) in [6, 6.07) is 1.45. The summed E-state index contributed by atoms with van der Waals surface area (Å²) in [6.07, 6.45) is 3.30. The van der Waals surface area contributed by atoms with Gasteiger partial charge in [0.1, 0.15) is 0 Å². The van der Waals surface area contributed by atoms with Crippen molar-refractivity contribution >= 4 is 52.2 Å². The molecule has 0 saturated carbocycles. The molecule has 0 aliphatic heterocycles. The molecule has 0 radical (unpaired) electrons. The maximum Gasteiger partial charge on any atom is 0.165 e. The van der Waals surface area contributed by atoms with Crippen molar-refractivity contribution < 1.29 is 4.79 Å². The van der Waals surface area contributed by atoms with Crippen LogP contribution in [0.2, 0.25) is 20.1 Å². The first-order valence-electron chi connectivity index (χ1n) is 5.35. The van der Waals surface area contributed by atoms with Crippen LogP contribution in [0, 0.1) is 0 Å². The van der Waals surface area contributed by atoms with E-state index in [1.807, 2.05) is 0 Å². The van der Waals surface area contributed by atoms with Crippen molar-refractivity contribution in [3.8, 4) is 0 Å². The third-order valence-electron chi connectivity index (χ3n) is 2.40. The van der Waals surface area contributed by atoms with Crippen LogP contribution in [0.3, 0.4) is 0 Å². The number of unbranched alkanes of at least 4 members (excludes halogenated alkanes) is 2. The Labute approximate surface area is 121 Å². The third kappa shape index (κ3) is 3.75. The molecule has 0 heterocycles. The summed E-state index contributed by atoms with van der Waals surface area (Å²) < 4.78 is 0. The van der Waals surface area contributed by atoms with Gasteiger partial charge in [0.2, 0.25) is 0 Å². The summed E-state index contributed by atoms with van der Waals surface area (Å²) in [6.45, 7) is 2.07. The van der Waals surface area contributed by atoms with Crippen LogP contribution >= 0.6 is 46.4 Å². The summed E-state index contributed by atoms with van der Waals surface area (Å²) in [4.78, 5) is 12.0. The molecule has 17 heavy (non-hydrogen) atoms. The summed E-state index contributed by atoms with van der Waals surface area (Å²) in [5.74, 6) is -0.0907. The summed E-state index contributed by atoms with van der Waals surface area (Å²) >= 11 is 23.7. The highest BCUT2D eigenvalue weighted by Crippen LogP contribution is 2.38. The lowest BCUT2D eigenvalue weighted by atomic mass is 10.0. The minimum absolute atomic E-state index is 0.0907. The Morgan fingerprint density at radius 2 is 1.71 bits per heavy atom. The van der Waals surface area contributed by atoms with Crippen molar-refractivity contribution in [1.29, 1.82) is 0 Å². The normalized spacial score (nSPS) is 10.6. The fourth-order valence-electron chi connectivity index (χ4n) is 1.48. The molecule has 0 saturated heterocycles. The van der Waals surface area contributed by atoms with E-state index in [4.69, 9.17) is 46.4 Å². The standard InChI is InChI=1S/C12H12Cl4O/c1-2-3-4-5-9(17)10-7(13)6-8(14)11(15)12(10)16/h6H,2-5H2,1H3. The maximum absolute atomic E-state index is 12.0. The number of Topliss-reactive ketones (excluding diaryl/α,β-unsaturated/α-hetero) is 1. The van der Waals surface area contributed by atoms with Crippen LogP contribution in [-0.4, -0.2) is 5.78 Å². The monoisotopic (exact) mass is 312 g/mol. The summed E-state index contributed by atoms with van der Waals surface area (Å²) in [5, 5.41) is 0.833. The predicted octanol–water partition coefficient (Wildman–Crippen LogP) is 6.06. The second-order valence-corrected chi connectivity index (χ2v) is 5.29. The topological polar surface area (TPSA) is 17.1 Å². The first-order valence-corrected chi connectivity index (χ1v) is 6.86. The fraction of sp³-hybridized carbons (Fsp3) is 0.417. The Balaban J connectivity index is 2.97. The number of rotatable bonds is 5. The van der Waals surface area contributed by atoms with Gasteiger partial charge in [-0.2, -0.15) is 0 Å². The number of ketones is 1. The molecule has 1 rings (SSSR count). The molecule has 94 valence electrons. The first-order chi connectivity index (χ1) is 7.99. The quantitative estimate of drug-likeness (QED) is 0.279. The van der Waals surface area contributed by atoms with E-state index >= 15 is 0 Å². The molecule has 1 nitrogen and oxygen atoms in total. The van der Waals surface area contributed by atoms with Gasteiger partial charge in [0.05, 0.1) is 25.7 Å². The van der Waals surface area contributed by atoms with Crippen LogP contribution in [0.25, 0.3) is 0 Å². The molecule has 0 atom stereocenters. The van der Waals surface area contributed by atoms with Crippen LogP contribution in [-0.2, 0) is 0 Å². The van der Waals surface area contributed by atoms with E-state index < -0.39 is 0 Å². The molecule has 0 aliphatic carbocycles. The van der Waals surface area contributed by atoms with Gasteiger partial charge in [0.15, 0.2) is 5.78 Å². The zero-order valence-corrected chi connectivity index (χ0v) is 12.3. The Kier molecular flexibility index (Phi) is 6.08. The van der Waals surface area contributed by atoms with E-state index in [9.17, 15) is 4.79 Å². The van der Waals surface area contributed by atoms with Crippen molar-refractivity contribution in [2.24, 2.45) is 0 Å². The minimum Gasteiger partial charge on any atom is -0.294 e. The molecule has 0 aliphatic rings. The zero-order valence-electron chi connectivity index (χ0n) is 9.33. The molecule has 0 spiro atoms. The molecule has 1 aromatic rings. The number of carbonyl (C=O) groups is 1. The fourth-order valence-corrected chi connectivity index (χ4v) is 2.61. The van der Waals surface area contributed by atoms with E-state index in [0.29, 0.717) is 6.42 Å². The second-order valence-electron chi connectivity index (χ2n) is 3.72. The maximum atomic E-state index is 12.0. The van der Waals surface area contributed by atoms with Gasteiger partial charge < -0.3 is 0 Å². The van der Waals surface area contributed by atoms with Gasteiger partial charge in [-0.1, -0.05) is 66.2 Å². The average molecular weight is 314 g/mol. The van der Waals surface area contributed by atoms with E-state index in [1.54, 1.807) is 0 Å². The van der Waals surface area contributed by atoms with Crippen LogP contribution < -0.4 is 0 Å². The van der Waals surface area contributed by atoms with Crippen molar-refractivity contribution in [3.63, 3.8) is 0 Å². The van der Waals surface area contributed by atoms with Gasteiger partial charge in [-0.3, -0.25) is 4.79 Å². The van der Waals surface area contributed by atoms with Gasteiger partial charge in [-0.05, 0) is 12.5 Å². The Morgan fingerprint density at radius 1 is 1.06 bits per heavy atom. The van der Waals surface area contributed by atoms with Crippen molar-refractivity contribution in [3.05, 3.63) is 31.7 Å². The van der Waals surface area contributed by atoms with Gasteiger partial charge >= 0.3 is 0 Å². The van der Waals surface area contributed by atoms with Gasteiger partial charge in [-0.25, -0.2) is 0 Å². The highest BCUT2D eigenvalue weighted by atomic mass is 35.5. The highest BCUT2D eigenvalue weighted by molar-refractivity contribution is 6.51. The number of hydrogen-bond acceptors (Lipinski definition) is 1. The predicted molar refractivity (Wildman–Crippen MR) is 75.0 cm³/mol. The summed E-state index contributed by atoms with van der Waals surface area (Å²) in [7, 11) is 0. The van der Waals surface area contributed by atoms with E-state index in [0.717, 1.165) is 19.3 Å². The van der Waals surface area contributed by atoms with Crippen molar-refractivity contribution in [1.82, 2.24) is 0 Å². The lowest BCUT2D eigenvalue weighted by molar-refractivity contribution is 0.0979. The molecule has 0 bridgehead atoms. The second kappa shape index (κ2) is 6.84. The van der Waals surface area contributed by atoms with E-state index in [1.165, 1.54) is 6.07 Å². The first kappa shape index (κ1) is 15.1. The molecular formula is C12H12Cl4O. The molecule has 5 heteroatoms. The number of carbonyl (C=O) groups excluding carboxylic acids is 1. The molecule has 0 fully saturated rings. The SMILES string of the molecule is CCCCCC(=O)c1c(Cl)cc(Cl)c(Cl)c1Cl. The van der Waals surface area contributed by atoms with Gasteiger partial charge in [-0.15, -0.1) is 0 Å². The molecule has 1 aromatic carbocycles. The van der Waals surface area contributed by atoms with Crippen LogP contribution in [0.5, 0.6) is 0 Å². The molecule has 0 amide bonds. The number of benzene rings is 1. The van der Waals surface area contributed by atoms with Crippen LogP contribution in [0.1, 0.15) is 43.0 Å². The Bertz CT molecular complexity index is 429. The number of halogens is 4. The largest absolute Gasteiger partial charge is 0.294 e. The molecule has 0 aromatic heterocycles. The van der Waals surface area contributed by atoms with Gasteiger partial charge in [0.25, 0.3) is 0 Å². The lowest BCUT2D eigenvalue weighted by Gasteiger charge is -2.09. The van der Waals surface area contributed by atoms with Crippen molar-refractivity contribution in [2.45, 2.75) is 32.6 Å². The number of hydrogen-bond donors (Lipinski definition) is 0. The summed E-state index contributed by atoms with van der Waals surface area (Å²) in [5.41, 5.74) is 0.277. The van der Waals surface area contributed by atoms with Crippen LogP contribution in [0.4, 0.5) is 0 Å². The Hall–Kier alpha value is 0.0500. The third-order valence-corrected chi connectivity index (χ3v) is 3.96. The molecule has 0 unspecified atom stereocenters. The van der Waals surface area contributed by atoms with Crippen molar-refractivity contribution in [2.75, 3.05) is 0 Å². The Morgan fingerprint density at radius 3 is 2.29 bits per heavy atom. The van der Waals surface area contributed by atoms with E-state index in [-0.39, 0.29) is 31.4 Å². The lowest BCUT2D eigenvalue weighted by Crippen LogP contribution is -2.02. The average Bonchev–Trinajstić information content (AvgIpc) is 2.26. The zero-order chi connectivity index (χ0) is 13.0. The minimum atomic E-state index is -0.0907.